The number of aryl methyl sites for hydroxylation is 2. The Labute approximate surface area is 146 Å². The Kier molecular flexibility index (Phi) is 6.09. The molecule has 1 atom stereocenters. The zero-order valence-corrected chi connectivity index (χ0v) is 15.0. The van der Waals surface area contributed by atoms with Crippen LogP contribution < -0.4 is 10.9 Å². The summed E-state index contributed by atoms with van der Waals surface area (Å²) < 4.78 is 0.302. The molecule has 0 aliphatic heterocycles. The highest BCUT2D eigenvalue weighted by Crippen LogP contribution is 2.17. The van der Waals surface area contributed by atoms with E-state index in [0.717, 1.165) is 12.0 Å². The van der Waals surface area contributed by atoms with Crippen LogP contribution in [-0.2, 0) is 11.2 Å². The van der Waals surface area contributed by atoms with Crippen LogP contribution in [0.4, 0.5) is 0 Å². The van der Waals surface area contributed by atoms with E-state index < -0.39 is 0 Å². The van der Waals surface area contributed by atoms with E-state index in [0.29, 0.717) is 22.4 Å². The van der Waals surface area contributed by atoms with E-state index in [1.54, 1.807) is 6.92 Å². The fourth-order valence-electron chi connectivity index (χ4n) is 2.65. The summed E-state index contributed by atoms with van der Waals surface area (Å²) in [7, 11) is 0. The van der Waals surface area contributed by atoms with Gasteiger partial charge in [-0.2, -0.15) is 0 Å². The van der Waals surface area contributed by atoms with Crippen LogP contribution in [0.25, 0.3) is 0 Å². The summed E-state index contributed by atoms with van der Waals surface area (Å²) in [5, 5.41) is 3.04. The molecule has 0 radical (unpaired) electrons. The minimum Gasteiger partial charge on any atom is -0.349 e. The van der Waals surface area contributed by atoms with Crippen LogP contribution in [-0.4, -0.2) is 15.9 Å². The van der Waals surface area contributed by atoms with Gasteiger partial charge < -0.3 is 10.3 Å². The first kappa shape index (κ1) is 18.1. The number of carbonyl (C=O) groups excluding carboxylic acids is 1. The van der Waals surface area contributed by atoms with Crippen LogP contribution in [0.5, 0.6) is 0 Å². The van der Waals surface area contributed by atoms with Crippen molar-refractivity contribution in [2.45, 2.75) is 46.1 Å². The summed E-state index contributed by atoms with van der Waals surface area (Å²) in [4.78, 5) is 29.7. The molecule has 0 spiro atoms. The van der Waals surface area contributed by atoms with E-state index in [2.05, 4.69) is 15.3 Å². The van der Waals surface area contributed by atoms with Gasteiger partial charge in [0.05, 0.1) is 6.04 Å². The number of H-pyrrole nitrogens is 2. The van der Waals surface area contributed by atoms with Crippen molar-refractivity contribution < 1.29 is 4.79 Å². The smallest absolute Gasteiger partial charge is 0.255 e. The molecule has 2 rings (SSSR count). The fourth-order valence-corrected chi connectivity index (χ4v) is 2.90. The number of aromatic nitrogens is 2. The zero-order valence-electron chi connectivity index (χ0n) is 14.2. The third kappa shape index (κ3) is 4.64. The molecule has 0 aliphatic rings. The lowest BCUT2D eigenvalue weighted by Crippen LogP contribution is -2.29. The lowest BCUT2D eigenvalue weighted by atomic mass is 10.0. The molecule has 5 nitrogen and oxygen atoms in total. The first-order valence-electron chi connectivity index (χ1n) is 8.08. The quantitative estimate of drug-likeness (QED) is 0.703. The molecule has 0 saturated heterocycles. The van der Waals surface area contributed by atoms with Gasteiger partial charge in [0.1, 0.15) is 0 Å². The van der Waals surface area contributed by atoms with Crippen molar-refractivity contribution in [1.82, 2.24) is 15.3 Å². The molecule has 0 saturated carbocycles. The normalized spacial score (nSPS) is 12.0. The summed E-state index contributed by atoms with van der Waals surface area (Å²) in [5.41, 5.74) is 3.34. The van der Waals surface area contributed by atoms with Gasteiger partial charge in [-0.3, -0.25) is 14.6 Å². The van der Waals surface area contributed by atoms with Crippen LogP contribution in [0.15, 0.2) is 29.1 Å². The number of benzene rings is 1. The van der Waals surface area contributed by atoms with Crippen LogP contribution >= 0.6 is 12.2 Å². The van der Waals surface area contributed by atoms with E-state index in [1.807, 2.05) is 38.1 Å². The molecule has 1 aromatic carbocycles. The fraction of sp³-hybridized carbons (Fsp3) is 0.389. The number of aromatic amines is 2. The van der Waals surface area contributed by atoms with E-state index in [9.17, 15) is 9.59 Å². The molecule has 0 bridgehead atoms. The summed E-state index contributed by atoms with van der Waals surface area (Å²) in [6.07, 6.45) is 1.45. The minimum absolute atomic E-state index is 0.0148. The second-order valence-electron chi connectivity index (χ2n) is 5.95. The molecule has 1 aromatic heterocycles. The third-order valence-corrected chi connectivity index (χ3v) is 4.28. The van der Waals surface area contributed by atoms with E-state index in [4.69, 9.17) is 12.2 Å². The van der Waals surface area contributed by atoms with Crippen LogP contribution in [0, 0.1) is 18.6 Å². The average molecular weight is 345 g/mol. The van der Waals surface area contributed by atoms with E-state index in [-0.39, 0.29) is 23.9 Å². The van der Waals surface area contributed by atoms with Crippen molar-refractivity contribution >= 4 is 18.1 Å². The lowest BCUT2D eigenvalue weighted by molar-refractivity contribution is -0.121. The van der Waals surface area contributed by atoms with E-state index in [1.165, 1.54) is 5.56 Å². The number of hydrogen-bond donors (Lipinski definition) is 3. The molecule has 2 aromatic rings. The number of rotatable bonds is 6. The number of amides is 1. The van der Waals surface area contributed by atoms with Gasteiger partial charge in [0.15, 0.2) is 4.77 Å². The Balaban J connectivity index is 2.01. The van der Waals surface area contributed by atoms with Gasteiger partial charge in [0, 0.05) is 17.7 Å². The predicted octanol–water partition coefficient (Wildman–Crippen LogP) is 3.25. The molecule has 0 fully saturated rings. The lowest BCUT2D eigenvalue weighted by Gasteiger charge is -2.18. The van der Waals surface area contributed by atoms with Crippen molar-refractivity contribution in [3.05, 3.63) is 61.8 Å². The Hall–Kier alpha value is -2.21. The Morgan fingerprint density at radius 1 is 1.21 bits per heavy atom. The highest BCUT2D eigenvalue weighted by molar-refractivity contribution is 7.71. The Bertz CT molecular complexity index is 821. The molecule has 128 valence electrons. The number of carbonyl (C=O) groups is 1. The van der Waals surface area contributed by atoms with Gasteiger partial charge in [0.25, 0.3) is 5.56 Å². The minimum atomic E-state index is -0.227. The molecule has 24 heavy (non-hydrogen) atoms. The molecule has 6 heteroatoms. The molecule has 0 unspecified atom stereocenters. The van der Waals surface area contributed by atoms with E-state index >= 15 is 0 Å². The molecular formula is C18H23N3O2S. The average Bonchev–Trinajstić information content (AvgIpc) is 2.52. The monoisotopic (exact) mass is 345 g/mol. The van der Waals surface area contributed by atoms with Crippen molar-refractivity contribution in [2.24, 2.45) is 0 Å². The molecule has 3 N–H and O–H groups in total. The van der Waals surface area contributed by atoms with Crippen LogP contribution in [0.3, 0.4) is 0 Å². The number of nitrogens with one attached hydrogen (secondary N) is 3. The van der Waals surface area contributed by atoms with Crippen molar-refractivity contribution in [2.75, 3.05) is 0 Å². The first-order chi connectivity index (χ1) is 11.4. The summed E-state index contributed by atoms with van der Waals surface area (Å²) in [5.74, 6) is -0.0660. The molecule has 1 amide bonds. The van der Waals surface area contributed by atoms with Gasteiger partial charge in [-0.1, -0.05) is 36.8 Å². The Morgan fingerprint density at radius 2 is 1.88 bits per heavy atom. The molecular weight excluding hydrogens is 322 g/mol. The molecule has 1 heterocycles. The van der Waals surface area contributed by atoms with Crippen molar-refractivity contribution in [3.8, 4) is 0 Å². The van der Waals surface area contributed by atoms with Crippen molar-refractivity contribution in [3.63, 3.8) is 0 Å². The maximum atomic E-state index is 12.3. The summed E-state index contributed by atoms with van der Waals surface area (Å²) in [6.45, 7) is 5.87. The largest absolute Gasteiger partial charge is 0.349 e. The van der Waals surface area contributed by atoms with Crippen molar-refractivity contribution in [1.29, 1.82) is 0 Å². The topological polar surface area (TPSA) is 77.8 Å². The predicted molar refractivity (Wildman–Crippen MR) is 97.7 cm³/mol. The third-order valence-electron chi connectivity index (χ3n) is 4.08. The number of hydrogen-bond acceptors (Lipinski definition) is 3. The highest BCUT2D eigenvalue weighted by atomic mass is 32.1. The standard InChI is InChI=1S/C18H23N3O2S/c1-4-15(13-7-5-11(2)6-8-13)20-16(22)10-9-14-12(3)19-18(24)21-17(14)23/h5-8,15H,4,9-10H2,1-3H3,(H,20,22)(H2,19,21,23,24)/t15-/m0/s1. The van der Waals surface area contributed by atoms with Crippen LogP contribution in [0.1, 0.15) is 48.2 Å². The maximum Gasteiger partial charge on any atom is 0.255 e. The van der Waals surface area contributed by atoms with Crippen LogP contribution in [0.2, 0.25) is 0 Å². The summed E-state index contributed by atoms with van der Waals surface area (Å²) >= 11 is 4.93. The molecule has 0 aliphatic carbocycles. The zero-order chi connectivity index (χ0) is 17.7. The van der Waals surface area contributed by atoms with Gasteiger partial charge in [-0.25, -0.2) is 0 Å². The maximum absolute atomic E-state index is 12.3. The van der Waals surface area contributed by atoms with Gasteiger partial charge in [0.2, 0.25) is 5.91 Å². The SMILES string of the molecule is CC[C@H](NC(=O)CCc1c(C)[nH]c(=S)[nH]c1=O)c1ccc(C)cc1. The first-order valence-corrected chi connectivity index (χ1v) is 8.49. The second kappa shape index (κ2) is 8.06. The van der Waals surface area contributed by atoms with Gasteiger partial charge >= 0.3 is 0 Å². The summed E-state index contributed by atoms with van der Waals surface area (Å²) in [6, 6.07) is 8.14. The second-order valence-corrected chi connectivity index (χ2v) is 6.36. The highest BCUT2D eigenvalue weighted by Gasteiger charge is 2.14. The van der Waals surface area contributed by atoms with Gasteiger partial charge in [-0.15, -0.1) is 0 Å². The Morgan fingerprint density at radius 3 is 2.46 bits per heavy atom. The van der Waals surface area contributed by atoms with Gasteiger partial charge in [-0.05, 0) is 44.5 Å².